The summed E-state index contributed by atoms with van der Waals surface area (Å²) in [5, 5.41) is -0.463. The summed E-state index contributed by atoms with van der Waals surface area (Å²) in [6, 6.07) is 12.3. The van der Waals surface area contributed by atoms with Gasteiger partial charge in [0.2, 0.25) is 5.88 Å². The lowest BCUT2D eigenvalue weighted by Gasteiger charge is -2.08. The fraction of sp³-hybridized carbons (Fsp3) is 0.214. The zero-order valence-corrected chi connectivity index (χ0v) is 11.6. The van der Waals surface area contributed by atoms with Crippen molar-refractivity contribution in [1.29, 1.82) is 0 Å². The van der Waals surface area contributed by atoms with Crippen LogP contribution in [0.4, 0.5) is 0 Å². The zero-order chi connectivity index (χ0) is 13.9. The molecule has 2 rings (SSSR count). The van der Waals surface area contributed by atoms with Crippen molar-refractivity contribution in [3.05, 3.63) is 48.7 Å². The molecule has 0 saturated carbocycles. The number of sulfone groups is 1. The highest BCUT2D eigenvalue weighted by molar-refractivity contribution is 7.92. The maximum atomic E-state index is 11.9. The summed E-state index contributed by atoms with van der Waals surface area (Å²) in [6.45, 7) is 3.29. The largest absolute Gasteiger partial charge is 0.439 e. The van der Waals surface area contributed by atoms with Gasteiger partial charge in [0.15, 0.2) is 9.84 Å². The van der Waals surface area contributed by atoms with Crippen molar-refractivity contribution in [2.24, 2.45) is 0 Å². The molecule has 2 aromatic rings. The van der Waals surface area contributed by atoms with Crippen LogP contribution in [0.15, 0.2) is 53.6 Å². The average molecular weight is 277 g/mol. The molecule has 5 heteroatoms. The van der Waals surface area contributed by atoms with Gasteiger partial charge in [-0.15, -0.1) is 0 Å². The van der Waals surface area contributed by atoms with E-state index in [2.05, 4.69) is 4.98 Å². The van der Waals surface area contributed by atoms with Gasteiger partial charge in [0, 0.05) is 12.3 Å². The highest BCUT2D eigenvalue weighted by Gasteiger charge is 2.19. The standard InChI is InChI=1S/C14H15NO3S/c1-11(2)19(16,17)13-8-9-14(15-10-13)18-12-6-4-3-5-7-12/h3-11H,1-2H3. The van der Waals surface area contributed by atoms with Gasteiger partial charge in [-0.1, -0.05) is 18.2 Å². The number of benzene rings is 1. The second-order valence-corrected chi connectivity index (χ2v) is 6.85. The number of aromatic nitrogens is 1. The summed E-state index contributed by atoms with van der Waals surface area (Å²) in [5.41, 5.74) is 0. The van der Waals surface area contributed by atoms with Crippen LogP contribution in [0, 0.1) is 0 Å². The summed E-state index contributed by atoms with van der Waals surface area (Å²) in [4.78, 5) is 4.23. The Morgan fingerprint density at radius 3 is 2.26 bits per heavy atom. The minimum Gasteiger partial charge on any atom is -0.439 e. The summed E-state index contributed by atoms with van der Waals surface area (Å²) >= 11 is 0. The molecule has 0 saturated heterocycles. The summed E-state index contributed by atoms with van der Waals surface area (Å²) in [6.07, 6.45) is 1.33. The van der Waals surface area contributed by atoms with E-state index in [9.17, 15) is 8.42 Å². The van der Waals surface area contributed by atoms with Crippen LogP contribution in [-0.2, 0) is 9.84 Å². The molecule has 0 aliphatic rings. The van der Waals surface area contributed by atoms with Crippen LogP contribution in [0.2, 0.25) is 0 Å². The lowest BCUT2D eigenvalue weighted by atomic mass is 10.3. The van der Waals surface area contributed by atoms with E-state index < -0.39 is 15.1 Å². The van der Waals surface area contributed by atoms with Crippen molar-refractivity contribution in [3.63, 3.8) is 0 Å². The normalized spacial score (nSPS) is 11.5. The van der Waals surface area contributed by atoms with Gasteiger partial charge in [-0.3, -0.25) is 0 Å². The van der Waals surface area contributed by atoms with Crippen LogP contribution in [0.3, 0.4) is 0 Å². The maximum absolute atomic E-state index is 11.9. The topological polar surface area (TPSA) is 56.3 Å². The lowest BCUT2D eigenvalue weighted by molar-refractivity contribution is 0.462. The van der Waals surface area contributed by atoms with E-state index in [4.69, 9.17) is 4.74 Å². The SMILES string of the molecule is CC(C)S(=O)(=O)c1ccc(Oc2ccccc2)nc1. The number of nitrogens with zero attached hydrogens (tertiary/aromatic N) is 1. The summed E-state index contributed by atoms with van der Waals surface area (Å²) < 4.78 is 29.3. The quantitative estimate of drug-likeness (QED) is 0.862. The van der Waals surface area contributed by atoms with Gasteiger partial charge in [-0.05, 0) is 32.0 Å². The van der Waals surface area contributed by atoms with E-state index in [0.29, 0.717) is 11.6 Å². The second kappa shape index (κ2) is 5.40. The fourth-order valence-corrected chi connectivity index (χ4v) is 2.48. The molecular weight excluding hydrogens is 262 g/mol. The van der Waals surface area contributed by atoms with Crippen LogP contribution < -0.4 is 4.74 Å². The van der Waals surface area contributed by atoms with Crippen molar-refractivity contribution in [3.8, 4) is 11.6 Å². The van der Waals surface area contributed by atoms with Crippen molar-refractivity contribution >= 4 is 9.84 Å². The third-order valence-electron chi connectivity index (χ3n) is 2.62. The van der Waals surface area contributed by atoms with E-state index >= 15 is 0 Å². The minimum absolute atomic E-state index is 0.211. The molecule has 0 radical (unpaired) electrons. The first-order chi connectivity index (χ1) is 9.00. The van der Waals surface area contributed by atoms with Crippen LogP contribution in [0.25, 0.3) is 0 Å². The van der Waals surface area contributed by atoms with Crippen LogP contribution in [0.1, 0.15) is 13.8 Å². The molecule has 0 aliphatic carbocycles. The van der Waals surface area contributed by atoms with E-state index in [-0.39, 0.29) is 4.90 Å². The maximum Gasteiger partial charge on any atom is 0.219 e. The Morgan fingerprint density at radius 1 is 1.05 bits per heavy atom. The molecule has 1 aromatic carbocycles. The Balaban J connectivity index is 2.20. The molecule has 0 aliphatic heterocycles. The summed E-state index contributed by atoms with van der Waals surface area (Å²) in [5.74, 6) is 1.03. The highest BCUT2D eigenvalue weighted by Crippen LogP contribution is 2.21. The first-order valence-electron chi connectivity index (χ1n) is 5.93. The molecular formula is C14H15NO3S. The Morgan fingerprint density at radius 2 is 1.74 bits per heavy atom. The monoisotopic (exact) mass is 277 g/mol. The van der Waals surface area contributed by atoms with Gasteiger partial charge in [-0.2, -0.15) is 0 Å². The number of pyridine rings is 1. The van der Waals surface area contributed by atoms with E-state index in [1.807, 2.05) is 18.2 Å². The van der Waals surface area contributed by atoms with Gasteiger partial charge in [0.05, 0.1) is 10.1 Å². The number of para-hydroxylation sites is 1. The van der Waals surface area contributed by atoms with Gasteiger partial charge in [0.1, 0.15) is 5.75 Å². The highest BCUT2D eigenvalue weighted by atomic mass is 32.2. The molecule has 0 bridgehead atoms. The van der Waals surface area contributed by atoms with E-state index in [1.165, 1.54) is 12.3 Å². The molecule has 4 nitrogen and oxygen atoms in total. The van der Waals surface area contributed by atoms with Crippen molar-refractivity contribution in [1.82, 2.24) is 4.98 Å². The number of hydrogen-bond donors (Lipinski definition) is 0. The fourth-order valence-electron chi connectivity index (χ4n) is 1.48. The minimum atomic E-state index is -3.28. The summed E-state index contributed by atoms with van der Waals surface area (Å²) in [7, 11) is -3.28. The van der Waals surface area contributed by atoms with Gasteiger partial charge in [-0.25, -0.2) is 13.4 Å². The van der Waals surface area contributed by atoms with Crippen LogP contribution >= 0.6 is 0 Å². The third kappa shape index (κ3) is 3.12. The molecule has 0 N–H and O–H groups in total. The first kappa shape index (κ1) is 13.5. The van der Waals surface area contributed by atoms with Crippen molar-refractivity contribution in [2.45, 2.75) is 24.0 Å². The zero-order valence-electron chi connectivity index (χ0n) is 10.8. The van der Waals surface area contributed by atoms with Gasteiger partial charge in [0.25, 0.3) is 0 Å². The predicted molar refractivity (Wildman–Crippen MR) is 73.1 cm³/mol. The van der Waals surface area contributed by atoms with Gasteiger partial charge >= 0.3 is 0 Å². The Bertz CT molecular complexity index is 634. The molecule has 0 spiro atoms. The van der Waals surface area contributed by atoms with Gasteiger partial charge < -0.3 is 4.74 Å². The Labute approximate surface area is 113 Å². The van der Waals surface area contributed by atoms with Crippen LogP contribution in [0.5, 0.6) is 11.6 Å². The Hall–Kier alpha value is -1.88. The molecule has 1 aromatic heterocycles. The number of ether oxygens (including phenoxy) is 1. The smallest absolute Gasteiger partial charge is 0.219 e. The lowest BCUT2D eigenvalue weighted by Crippen LogP contribution is -2.14. The number of hydrogen-bond acceptors (Lipinski definition) is 4. The molecule has 0 unspecified atom stereocenters. The van der Waals surface area contributed by atoms with E-state index in [1.54, 1.807) is 32.0 Å². The average Bonchev–Trinajstić information content (AvgIpc) is 2.40. The van der Waals surface area contributed by atoms with E-state index in [0.717, 1.165) is 0 Å². The predicted octanol–water partition coefficient (Wildman–Crippen LogP) is 3.06. The molecule has 0 fully saturated rings. The molecule has 0 amide bonds. The third-order valence-corrected chi connectivity index (χ3v) is 4.76. The van der Waals surface area contributed by atoms with Crippen LogP contribution in [-0.4, -0.2) is 18.7 Å². The first-order valence-corrected chi connectivity index (χ1v) is 7.47. The Kier molecular flexibility index (Phi) is 3.85. The second-order valence-electron chi connectivity index (χ2n) is 4.34. The molecule has 0 atom stereocenters. The molecule has 1 heterocycles. The van der Waals surface area contributed by atoms with Crippen molar-refractivity contribution < 1.29 is 13.2 Å². The number of rotatable bonds is 4. The van der Waals surface area contributed by atoms with Crippen molar-refractivity contribution in [2.75, 3.05) is 0 Å². The molecule has 19 heavy (non-hydrogen) atoms. The molecule has 100 valence electrons.